The molecule has 0 fully saturated rings. The number of fused-ring (bicyclic) bond motifs is 1. The summed E-state index contributed by atoms with van der Waals surface area (Å²) in [5.74, 6) is 1.18. The van der Waals surface area contributed by atoms with E-state index in [-0.39, 0.29) is 23.4 Å². The number of anilines is 1. The highest BCUT2D eigenvalue weighted by molar-refractivity contribution is 7.89. The molecule has 1 aliphatic rings. The van der Waals surface area contributed by atoms with Gasteiger partial charge in [-0.3, -0.25) is 4.79 Å². The van der Waals surface area contributed by atoms with E-state index in [1.165, 1.54) is 19.2 Å². The average molecular weight is 467 g/mol. The highest BCUT2D eigenvalue weighted by atomic mass is 32.2. The van der Waals surface area contributed by atoms with E-state index in [4.69, 9.17) is 9.47 Å². The lowest BCUT2D eigenvalue weighted by Crippen LogP contribution is -2.35. The van der Waals surface area contributed by atoms with Crippen LogP contribution in [0.3, 0.4) is 0 Å². The third kappa shape index (κ3) is 4.72. The molecular formula is C25H26N2O5S. The molecule has 1 N–H and O–H groups in total. The average Bonchev–Trinajstić information content (AvgIpc) is 3.17. The summed E-state index contributed by atoms with van der Waals surface area (Å²) in [6.07, 6.45) is 0.745. The van der Waals surface area contributed by atoms with Gasteiger partial charge in [-0.15, -0.1) is 0 Å². The summed E-state index contributed by atoms with van der Waals surface area (Å²) in [4.78, 5) is 15.2. The number of amides is 1. The molecule has 3 aromatic carbocycles. The molecule has 0 saturated carbocycles. The summed E-state index contributed by atoms with van der Waals surface area (Å²) in [6, 6.07) is 19.0. The van der Waals surface area contributed by atoms with Crippen LogP contribution >= 0.6 is 0 Å². The smallest absolute Gasteiger partial charge is 0.258 e. The van der Waals surface area contributed by atoms with Gasteiger partial charge >= 0.3 is 0 Å². The first-order valence-corrected chi connectivity index (χ1v) is 12.0. The second-order valence-corrected chi connectivity index (χ2v) is 9.69. The van der Waals surface area contributed by atoms with E-state index in [1.54, 1.807) is 48.4 Å². The molecular weight excluding hydrogens is 440 g/mol. The van der Waals surface area contributed by atoms with Crippen molar-refractivity contribution in [1.29, 1.82) is 0 Å². The van der Waals surface area contributed by atoms with Crippen LogP contribution in [0.25, 0.3) is 0 Å². The number of rotatable bonds is 7. The number of carbonyl (C=O) groups is 1. The summed E-state index contributed by atoms with van der Waals surface area (Å²) in [5.41, 5.74) is 3.21. The van der Waals surface area contributed by atoms with E-state index >= 15 is 0 Å². The fraction of sp³-hybridized carbons (Fsp3) is 0.240. The number of nitrogens with zero attached hydrogens (tertiary/aromatic N) is 1. The van der Waals surface area contributed by atoms with Gasteiger partial charge in [0, 0.05) is 23.8 Å². The second kappa shape index (κ2) is 9.25. The highest BCUT2D eigenvalue weighted by Gasteiger charge is 2.31. The molecule has 1 aliphatic heterocycles. The van der Waals surface area contributed by atoms with Gasteiger partial charge in [0.1, 0.15) is 11.5 Å². The third-order valence-electron chi connectivity index (χ3n) is 5.76. The Morgan fingerprint density at radius 2 is 1.58 bits per heavy atom. The van der Waals surface area contributed by atoms with Crippen molar-refractivity contribution in [3.8, 4) is 11.5 Å². The monoisotopic (exact) mass is 466 g/mol. The molecule has 4 rings (SSSR count). The van der Waals surface area contributed by atoms with Crippen LogP contribution < -0.4 is 19.1 Å². The quantitative estimate of drug-likeness (QED) is 0.573. The van der Waals surface area contributed by atoms with Crippen molar-refractivity contribution in [1.82, 2.24) is 4.72 Å². The first kappa shape index (κ1) is 22.8. The number of ether oxygens (including phenoxy) is 2. The van der Waals surface area contributed by atoms with Crippen LogP contribution in [0, 0.1) is 0 Å². The van der Waals surface area contributed by atoms with Crippen molar-refractivity contribution in [3.05, 3.63) is 83.4 Å². The van der Waals surface area contributed by atoms with E-state index in [0.717, 1.165) is 23.2 Å². The highest BCUT2D eigenvalue weighted by Crippen LogP contribution is 2.34. The van der Waals surface area contributed by atoms with Gasteiger partial charge in [-0.05, 0) is 79.1 Å². The topological polar surface area (TPSA) is 84.9 Å². The third-order valence-corrected chi connectivity index (χ3v) is 7.17. The lowest BCUT2D eigenvalue weighted by molar-refractivity contribution is 0.0981. The fourth-order valence-electron chi connectivity index (χ4n) is 3.96. The molecule has 33 heavy (non-hydrogen) atoms. The summed E-state index contributed by atoms with van der Waals surface area (Å²) in [5, 5.41) is 0. The van der Waals surface area contributed by atoms with Gasteiger partial charge in [-0.1, -0.05) is 12.1 Å². The van der Waals surface area contributed by atoms with Crippen molar-refractivity contribution in [2.24, 2.45) is 0 Å². The van der Waals surface area contributed by atoms with Crippen LogP contribution in [0.15, 0.2) is 71.6 Å². The SMILES string of the molecule is COc1ccc(C(=O)N2c3cc(CNS(=O)(=O)c4ccc(OC)cc4)ccc3C[C@H]2C)cc1. The number of hydrogen-bond acceptors (Lipinski definition) is 5. The van der Waals surface area contributed by atoms with Gasteiger partial charge in [0.25, 0.3) is 5.91 Å². The van der Waals surface area contributed by atoms with Gasteiger partial charge < -0.3 is 14.4 Å². The minimum atomic E-state index is -3.69. The molecule has 1 atom stereocenters. The normalized spacial score (nSPS) is 15.2. The van der Waals surface area contributed by atoms with E-state index < -0.39 is 10.0 Å². The summed E-state index contributed by atoms with van der Waals surface area (Å²) in [7, 11) is -0.575. The maximum Gasteiger partial charge on any atom is 0.258 e. The lowest BCUT2D eigenvalue weighted by atomic mass is 10.1. The molecule has 8 heteroatoms. The zero-order chi connectivity index (χ0) is 23.6. The molecule has 1 heterocycles. The van der Waals surface area contributed by atoms with Crippen LogP contribution in [0.4, 0.5) is 5.69 Å². The Labute approximate surface area is 194 Å². The molecule has 172 valence electrons. The van der Waals surface area contributed by atoms with Gasteiger partial charge in [0.05, 0.1) is 19.1 Å². The van der Waals surface area contributed by atoms with Crippen LogP contribution in [-0.2, 0) is 23.0 Å². The van der Waals surface area contributed by atoms with Crippen LogP contribution in [0.5, 0.6) is 11.5 Å². The van der Waals surface area contributed by atoms with Crippen molar-refractivity contribution in [2.45, 2.75) is 30.8 Å². The molecule has 0 bridgehead atoms. The second-order valence-electron chi connectivity index (χ2n) is 7.92. The van der Waals surface area contributed by atoms with Crippen molar-refractivity contribution < 1.29 is 22.7 Å². The van der Waals surface area contributed by atoms with Crippen molar-refractivity contribution >= 4 is 21.6 Å². The number of methoxy groups -OCH3 is 2. The van der Waals surface area contributed by atoms with Crippen molar-refractivity contribution in [2.75, 3.05) is 19.1 Å². The predicted molar refractivity (Wildman–Crippen MR) is 126 cm³/mol. The number of sulfonamides is 1. The Morgan fingerprint density at radius 1 is 0.970 bits per heavy atom. The molecule has 7 nitrogen and oxygen atoms in total. The maximum absolute atomic E-state index is 13.2. The first-order chi connectivity index (χ1) is 15.8. The Morgan fingerprint density at radius 3 is 2.18 bits per heavy atom. The zero-order valence-electron chi connectivity index (χ0n) is 18.7. The van der Waals surface area contributed by atoms with E-state index in [1.807, 2.05) is 25.1 Å². The van der Waals surface area contributed by atoms with Gasteiger partial charge in [0.15, 0.2) is 0 Å². The zero-order valence-corrected chi connectivity index (χ0v) is 19.6. The van der Waals surface area contributed by atoms with Crippen LogP contribution in [0.2, 0.25) is 0 Å². The molecule has 0 saturated heterocycles. The molecule has 0 spiro atoms. The summed E-state index contributed by atoms with van der Waals surface area (Å²) >= 11 is 0. The number of hydrogen-bond donors (Lipinski definition) is 1. The molecule has 0 unspecified atom stereocenters. The Hall–Kier alpha value is -3.36. The number of nitrogens with one attached hydrogen (secondary N) is 1. The fourth-order valence-corrected chi connectivity index (χ4v) is 4.98. The number of benzene rings is 3. The van der Waals surface area contributed by atoms with Gasteiger partial charge in [-0.2, -0.15) is 0 Å². The minimum absolute atomic E-state index is 0.000780. The van der Waals surface area contributed by atoms with Gasteiger partial charge in [0.2, 0.25) is 10.0 Å². The van der Waals surface area contributed by atoms with E-state index in [2.05, 4.69) is 4.72 Å². The molecule has 3 aromatic rings. The molecule has 0 aliphatic carbocycles. The predicted octanol–water partition coefficient (Wildman–Crippen LogP) is 3.77. The van der Waals surface area contributed by atoms with Crippen LogP contribution in [-0.4, -0.2) is 34.6 Å². The minimum Gasteiger partial charge on any atom is -0.497 e. The standard InChI is InChI=1S/C25H26N2O5S/c1-17-14-20-5-4-18(16-26-33(29,30)23-12-10-22(32-3)11-13-23)15-24(20)27(17)25(28)19-6-8-21(31-2)9-7-19/h4-13,15,17,26H,14,16H2,1-3H3/t17-/m1/s1. The molecule has 0 aromatic heterocycles. The lowest BCUT2D eigenvalue weighted by Gasteiger charge is -2.23. The van der Waals surface area contributed by atoms with Gasteiger partial charge in [-0.25, -0.2) is 13.1 Å². The Balaban J connectivity index is 1.53. The van der Waals surface area contributed by atoms with Crippen LogP contribution in [0.1, 0.15) is 28.4 Å². The largest absolute Gasteiger partial charge is 0.497 e. The van der Waals surface area contributed by atoms with Crippen molar-refractivity contribution in [3.63, 3.8) is 0 Å². The maximum atomic E-state index is 13.2. The number of carbonyl (C=O) groups excluding carboxylic acids is 1. The Bertz CT molecular complexity index is 1250. The Kier molecular flexibility index (Phi) is 6.40. The summed E-state index contributed by atoms with van der Waals surface area (Å²) in [6.45, 7) is 2.12. The van der Waals surface area contributed by atoms with E-state index in [0.29, 0.717) is 17.1 Å². The first-order valence-electron chi connectivity index (χ1n) is 10.6. The molecule has 0 radical (unpaired) electrons. The van der Waals surface area contributed by atoms with E-state index in [9.17, 15) is 13.2 Å². The molecule has 1 amide bonds. The summed E-state index contributed by atoms with van der Waals surface area (Å²) < 4.78 is 38.2.